The quantitative estimate of drug-likeness (QED) is 0.719. The Morgan fingerprint density at radius 1 is 1.24 bits per heavy atom. The molecule has 1 aliphatic carbocycles. The molecule has 3 aliphatic rings. The molecule has 2 atom stereocenters. The van der Waals surface area contributed by atoms with E-state index < -0.39 is 11.6 Å². The molecule has 1 saturated carbocycles. The Bertz CT molecular complexity index is 712. The second-order valence-corrected chi connectivity index (χ2v) is 8.62. The van der Waals surface area contributed by atoms with Gasteiger partial charge >= 0.3 is 0 Å². The molecule has 3 fully saturated rings. The number of nitrogens with zero attached hydrogens (tertiary/aromatic N) is 1. The number of benzene rings is 1. The highest BCUT2D eigenvalue weighted by atomic mass is 19.1. The Balaban J connectivity index is 1.25. The lowest BCUT2D eigenvalue weighted by molar-refractivity contribution is -0.141. The van der Waals surface area contributed by atoms with E-state index in [4.69, 9.17) is 9.47 Å². The summed E-state index contributed by atoms with van der Waals surface area (Å²) < 4.78 is 39.5. The number of hydrogen-bond acceptors (Lipinski definition) is 4. The van der Waals surface area contributed by atoms with Gasteiger partial charge in [0.2, 0.25) is 5.91 Å². The summed E-state index contributed by atoms with van der Waals surface area (Å²) in [5, 5.41) is 3.40. The maximum atomic E-state index is 14.4. The largest absolute Gasteiger partial charge is 0.493 e. The first kappa shape index (κ1) is 20.5. The van der Waals surface area contributed by atoms with E-state index in [1.54, 1.807) is 7.05 Å². The minimum absolute atomic E-state index is 0.00708. The Hall–Kier alpha value is -1.73. The Morgan fingerprint density at radius 2 is 1.93 bits per heavy atom. The summed E-state index contributed by atoms with van der Waals surface area (Å²) in [5.74, 6) is 0.698. The van der Waals surface area contributed by atoms with E-state index >= 15 is 0 Å². The second-order valence-electron chi connectivity index (χ2n) is 8.62. The van der Waals surface area contributed by atoms with Gasteiger partial charge in [-0.15, -0.1) is 0 Å². The van der Waals surface area contributed by atoms with Gasteiger partial charge in [-0.2, -0.15) is 0 Å². The molecule has 0 radical (unpaired) electrons. The third-order valence-electron chi connectivity index (χ3n) is 6.73. The fraction of sp³-hybridized carbons (Fsp3) is 0.682. The van der Waals surface area contributed by atoms with Gasteiger partial charge in [-0.05, 0) is 56.5 Å². The third-order valence-corrected chi connectivity index (χ3v) is 6.73. The maximum Gasteiger partial charge on any atom is 0.227 e. The molecule has 0 spiro atoms. The van der Waals surface area contributed by atoms with E-state index in [-0.39, 0.29) is 29.7 Å². The smallest absolute Gasteiger partial charge is 0.227 e. The van der Waals surface area contributed by atoms with Crippen LogP contribution in [-0.2, 0) is 16.0 Å². The SMILES string of the molecule is CN(C(=O)Cc1c(F)cc(OCCC2C[C@@H]2C2CCNCC2)cc1F)C1COC1. The minimum atomic E-state index is -0.731. The van der Waals surface area contributed by atoms with Crippen LogP contribution in [0.2, 0.25) is 0 Å². The lowest BCUT2D eigenvalue weighted by Crippen LogP contribution is -2.50. The normalized spacial score (nSPS) is 24.8. The summed E-state index contributed by atoms with van der Waals surface area (Å²) in [4.78, 5) is 13.8. The van der Waals surface area contributed by atoms with Gasteiger partial charge in [0.05, 0.1) is 32.3 Å². The number of hydrogen-bond donors (Lipinski definition) is 1. The Morgan fingerprint density at radius 3 is 2.55 bits per heavy atom. The third kappa shape index (κ3) is 4.89. The molecule has 2 heterocycles. The molecule has 7 heteroatoms. The monoisotopic (exact) mass is 408 g/mol. The molecule has 0 aromatic heterocycles. The number of piperidine rings is 1. The van der Waals surface area contributed by atoms with E-state index in [0.29, 0.717) is 25.7 Å². The summed E-state index contributed by atoms with van der Waals surface area (Å²) >= 11 is 0. The van der Waals surface area contributed by atoms with Crippen molar-refractivity contribution in [1.29, 1.82) is 0 Å². The first-order chi connectivity index (χ1) is 14.0. The number of carbonyl (C=O) groups excluding carboxylic acids is 1. The van der Waals surface area contributed by atoms with Crippen LogP contribution in [0.3, 0.4) is 0 Å². The number of ether oxygens (including phenoxy) is 2. The summed E-state index contributed by atoms with van der Waals surface area (Å²) in [5.41, 5.74) is -0.206. The van der Waals surface area contributed by atoms with Crippen LogP contribution in [0.15, 0.2) is 12.1 Å². The predicted molar refractivity (Wildman–Crippen MR) is 105 cm³/mol. The van der Waals surface area contributed by atoms with Crippen LogP contribution < -0.4 is 10.1 Å². The highest BCUT2D eigenvalue weighted by Gasteiger charge is 2.42. The van der Waals surface area contributed by atoms with Crippen molar-refractivity contribution in [2.75, 3.05) is 40.0 Å². The molecule has 1 aromatic rings. The highest BCUT2D eigenvalue weighted by Crippen LogP contribution is 2.49. The fourth-order valence-corrected chi connectivity index (χ4v) is 4.54. The first-order valence-corrected chi connectivity index (χ1v) is 10.7. The molecule has 1 unspecified atom stereocenters. The zero-order valence-electron chi connectivity index (χ0n) is 17.0. The van der Waals surface area contributed by atoms with Crippen LogP contribution in [0.1, 0.15) is 31.2 Å². The zero-order chi connectivity index (χ0) is 20.4. The van der Waals surface area contributed by atoms with Crippen molar-refractivity contribution in [3.8, 4) is 5.75 Å². The van der Waals surface area contributed by atoms with Crippen molar-refractivity contribution in [2.45, 2.75) is 38.1 Å². The summed E-state index contributed by atoms with van der Waals surface area (Å²) in [6.07, 6.45) is 4.37. The lowest BCUT2D eigenvalue weighted by atomic mass is 9.91. The number of likely N-dealkylation sites (N-methyl/N-ethyl adjacent to an activating group) is 1. The number of halogens is 2. The molecule has 160 valence electrons. The van der Waals surface area contributed by atoms with E-state index in [9.17, 15) is 13.6 Å². The molecule has 1 amide bonds. The number of nitrogens with one attached hydrogen (secondary N) is 1. The molecule has 1 aromatic carbocycles. The van der Waals surface area contributed by atoms with Crippen LogP contribution in [0, 0.1) is 29.4 Å². The van der Waals surface area contributed by atoms with E-state index in [0.717, 1.165) is 31.3 Å². The summed E-state index contributed by atoms with van der Waals surface area (Å²) in [6, 6.07) is 2.37. The zero-order valence-corrected chi connectivity index (χ0v) is 17.0. The molecule has 4 rings (SSSR count). The maximum absolute atomic E-state index is 14.4. The van der Waals surface area contributed by atoms with Gasteiger partial charge in [-0.1, -0.05) is 0 Å². The van der Waals surface area contributed by atoms with E-state index in [2.05, 4.69) is 5.32 Å². The predicted octanol–water partition coefficient (Wildman–Crippen LogP) is 2.77. The number of carbonyl (C=O) groups is 1. The number of amides is 1. The average Bonchev–Trinajstić information content (AvgIpc) is 3.43. The molecule has 2 saturated heterocycles. The van der Waals surface area contributed by atoms with Crippen LogP contribution in [0.25, 0.3) is 0 Å². The van der Waals surface area contributed by atoms with Crippen LogP contribution in [0.4, 0.5) is 8.78 Å². The van der Waals surface area contributed by atoms with Crippen molar-refractivity contribution in [2.24, 2.45) is 17.8 Å². The van der Waals surface area contributed by atoms with Crippen molar-refractivity contribution in [1.82, 2.24) is 10.2 Å². The van der Waals surface area contributed by atoms with Gasteiger partial charge in [0.1, 0.15) is 17.4 Å². The highest BCUT2D eigenvalue weighted by molar-refractivity contribution is 5.79. The molecule has 29 heavy (non-hydrogen) atoms. The number of rotatable bonds is 8. The molecule has 2 aliphatic heterocycles. The van der Waals surface area contributed by atoms with E-state index in [1.165, 1.54) is 36.3 Å². The second kappa shape index (κ2) is 8.96. The molecular weight excluding hydrogens is 378 g/mol. The standard InChI is InChI=1S/C22H30F2N2O3/c1-26(16-12-28-13-16)22(27)11-19-20(23)9-17(10-21(19)24)29-7-4-15-8-18(15)14-2-5-25-6-3-14/h9-10,14-16,18,25H,2-8,11-13H2,1H3/t15?,18-/m1/s1. The van der Waals surface area contributed by atoms with Crippen LogP contribution in [0.5, 0.6) is 5.75 Å². The lowest BCUT2D eigenvalue weighted by Gasteiger charge is -2.34. The molecule has 1 N–H and O–H groups in total. The Kier molecular flexibility index (Phi) is 6.35. The minimum Gasteiger partial charge on any atom is -0.493 e. The van der Waals surface area contributed by atoms with Crippen molar-refractivity contribution in [3.63, 3.8) is 0 Å². The van der Waals surface area contributed by atoms with Gasteiger partial charge in [-0.3, -0.25) is 4.79 Å². The summed E-state index contributed by atoms with van der Waals surface area (Å²) in [7, 11) is 1.64. The first-order valence-electron chi connectivity index (χ1n) is 10.7. The van der Waals surface area contributed by atoms with Crippen LogP contribution in [-0.4, -0.2) is 56.8 Å². The summed E-state index contributed by atoms with van der Waals surface area (Å²) in [6.45, 7) is 3.64. The van der Waals surface area contributed by atoms with Crippen LogP contribution >= 0.6 is 0 Å². The fourth-order valence-electron chi connectivity index (χ4n) is 4.54. The van der Waals surface area contributed by atoms with Gasteiger partial charge in [0.15, 0.2) is 0 Å². The van der Waals surface area contributed by atoms with Gasteiger partial charge in [-0.25, -0.2) is 8.78 Å². The molecular formula is C22H30F2N2O3. The van der Waals surface area contributed by atoms with Gasteiger partial charge < -0.3 is 19.7 Å². The van der Waals surface area contributed by atoms with Crippen molar-refractivity contribution < 1.29 is 23.0 Å². The van der Waals surface area contributed by atoms with E-state index in [1.807, 2.05) is 0 Å². The van der Waals surface area contributed by atoms with Crippen molar-refractivity contribution in [3.05, 3.63) is 29.3 Å². The molecule has 0 bridgehead atoms. The van der Waals surface area contributed by atoms with Crippen molar-refractivity contribution >= 4 is 5.91 Å². The topological polar surface area (TPSA) is 50.8 Å². The van der Waals surface area contributed by atoms with Gasteiger partial charge in [0, 0.05) is 24.7 Å². The van der Waals surface area contributed by atoms with Gasteiger partial charge in [0.25, 0.3) is 0 Å². The Labute approximate surface area is 170 Å². The molecule has 5 nitrogen and oxygen atoms in total. The average molecular weight is 408 g/mol.